The first kappa shape index (κ1) is 32.4. The molecule has 0 bridgehead atoms. The maximum atomic E-state index is 14.4. The summed E-state index contributed by atoms with van der Waals surface area (Å²) < 4.78 is 28.9. The van der Waals surface area contributed by atoms with E-state index in [1.807, 2.05) is 30.3 Å². The van der Waals surface area contributed by atoms with Crippen LogP contribution in [0.1, 0.15) is 18.1 Å². The van der Waals surface area contributed by atoms with E-state index >= 15 is 0 Å². The third-order valence-corrected chi connectivity index (χ3v) is 9.39. The molecule has 11 heteroatoms. The molecule has 0 radical (unpaired) electrons. The fourth-order valence-electron chi connectivity index (χ4n) is 4.57. The van der Waals surface area contributed by atoms with Crippen molar-refractivity contribution in [2.75, 3.05) is 17.4 Å². The van der Waals surface area contributed by atoms with Crippen LogP contribution < -0.4 is 9.62 Å². The Morgan fingerprint density at radius 1 is 0.814 bits per heavy atom. The van der Waals surface area contributed by atoms with E-state index in [-0.39, 0.29) is 34.5 Å². The average Bonchev–Trinajstić information content (AvgIpc) is 3.00. The van der Waals surface area contributed by atoms with Gasteiger partial charge in [0.2, 0.25) is 11.8 Å². The van der Waals surface area contributed by atoms with E-state index in [1.54, 1.807) is 61.5 Å². The van der Waals surface area contributed by atoms with Gasteiger partial charge in [-0.1, -0.05) is 102 Å². The number of amides is 2. The van der Waals surface area contributed by atoms with Crippen LogP contribution in [0.15, 0.2) is 108 Å². The van der Waals surface area contributed by atoms with Crippen LogP contribution in [-0.4, -0.2) is 44.3 Å². The second-order valence-electron chi connectivity index (χ2n) is 9.63. The summed E-state index contributed by atoms with van der Waals surface area (Å²) in [6.07, 6.45) is 0.182. The first-order valence-corrected chi connectivity index (χ1v) is 16.1. The Balaban J connectivity index is 1.82. The van der Waals surface area contributed by atoms with Crippen LogP contribution >= 0.6 is 34.8 Å². The molecule has 4 aromatic carbocycles. The van der Waals surface area contributed by atoms with E-state index < -0.39 is 28.5 Å². The molecule has 43 heavy (non-hydrogen) atoms. The molecule has 0 saturated heterocycles. The maximum absolute atomic E-state index is 14.4. The van der Waals surface area contributed by atoms with Gasteiger partial charge in [0.05, 0.1) is 15.6 Å². The maximum Gasteiger partial charge on any atom is 0.264 e. The number of para-hydroxylation sites is 1. The number of nitrogens with zero attached hydrogens (tertiary/aromatic N) is 2. The molecule has 0 spiro atoms. The standard InChI is InChI=1S/C32H30Cl3N3O4S/c1-2-36-32(40)30(19-23-11-5-3-6-12-23)37(21-24-17-18-25(33)20-28(24)35)31(39)22-38(29-16-10-9-15-27(29)34)43(41,42)26-13-7-4-8-14-26/h3-18,20,30H,2,19,21-22H2,1H3,(H,36,40). The normalized spacial score (nSPS) is 11.9. The quantitative estimate of drug-likeness (QED) is 0.185. The van der Waals surface area contributed by atoms with E-state index in [1.165, 1.54) is 23.1 Å². The lowest BCUT2D eigenvalue weighted by Gasteiger charge is -2.34. The van der Waals surface area contributed by atoms with Gasteiger partial charge in [-0.3, -0.25) is 13.9 Å². The van der Waals surface area contributed by atoms with Gasteiger partial charge in [-0.15, -0.1) is 0 Å². The molecule has 0 aromatic heterocycles. The summed E-state index contributed by atoms with van der Waals surface area (Å²) in [7, 11) is -4.25. The van der Waals surface area contributed by atoms with Crippen LogP contribution in [-0.2, 0) is 32.6 Å². The molecule has 0 saturated carbocycles. The van der Waals surface area contributed by atoms with Gasteiger partial charge in [-0.25, -0.2) is 8.42 Å². The van der Waals surface area contributed by atoms with Gasteiger partial charge in [0.25, 0.3) is 10.0 Å². The number of sulfonamides is 1. The first-order valence-electron chi connectivity index (χ1n) is 13.5. The van der Waals surface area contributed by atoms with Crippen molar-refractivity contribution in [1.82, 2.24) is 10.2 Å². The molecular formula is C32H30Cl3N3O4S. The molecule has 2 amide bonds. The molecule has 1 unspecified atom stereocenters. The highest BCUT2D eigenvalue weighted by Crippen LogP contribution is 2.31. The van der Waals surface area contributed by atoms with Gasteiger partial charge in [0.15, 0.2) is 0 Å². The first-order chi connectivity index (χ1) is 20.6. The molecule has 1 atom stereocenters. The van der Waals surface area contributed by atoms with Crippen LogP contribution in [0.5, 0.6) is 0 Å². The molecule has 0 aliphatic heterocycles. The molecule has 7 nitrogen and oxygen atoms in total. The Kier molecular flexibility index (Phi) is 11.1. The van der Waals surface area contributed by atoms with Crippen molar-refractivity contribution >= 4 is 62.3 Å². The van der Waals surface area contributed by atoms with Crippen LogP contribution in [0.25, 0.3) is 0 Å². The van der Waals surface area contributed by atoms with E-state index in [9.17, 15) is 18.0 Å². The van der Waals surface area contributed by atoms with Crippen LogP contribution in [0, 0.1) is 0 Å². The van der Waals surface area contributed by atoms with E-state index in [4.69, 9.17) is 34.8 Å². The monoisotopic (exact) mass is 657 g/mol. The molecule has 0 heterocycles. The lowest BCUT2D eigenvalue weighted by molar-refractivity contribution is -0.140. The molecular weight excluding hydrogens is 629 g/mol. The van der Waals surface area contributed by atoms with E-state index in [2.05, 4.69) is 5.32 Å². The summed E-state index contributed by atoms with van der Waals surface area (Å²) >= 11 is 19.1. The summed E-state index contributed by atoms with van der Waals surface area (Å²) in [5.41, 5.74) is 1.49. The lowest BCUT2D eigenvalue weighted by atomic mass is 10.0. The molecule has 224 valence electrons. The second kappa shape index (κ2) is 14.8. The van der Waals surface area contributed by atoms with Crippen LogP contribution in [0.4, 0.5) is 5.69 Å². The Labute approximate surface area is 267 Å². The number of anilines is 1. The number of hydrogen-bond acceptors (Lipinski definition) is 4. The molecule has 0 fully saturated rings. The summed E-state index contributed by atoms with van der Waals surface area (Å²) in [6.45, 7) is 1.41. The molecule has 1 N–H and O–H groups in total. The zero-order chi connectivity index (χ0) is 31.0. The smallest absolute Gasteiger partial charge is 0.264 e. The van der Waals surface area contributed by atoms with E-state index in [0.29, 0.717) is 22.2 Å². The highest BCUT2D eigenvalue weighted by atomic mass is 35.5. The largest absolute Gasteiger partial charge is 0.355 e. The van der Waals surface area contributed by atoms with Gasteiger partial charge >= 0.3 is 0 Å². The number of rotatable bonds is 12. The van der Waals surface area contributed by atoms with Crippen LogP contribution in [0.3, 0.4) is 0 Å². The average molecular weight is 659 g/mol. The SMILES string of the molecule is CCNC(=O)C(Cc1ccccc1)N(Cc1ccc(Cl)cc1Cl)C(=O)CN(c1ccccc1Cl)S(=O)(=O)c1ccccc1. The number of carbonyl (C=O) groups excluding carboxylic acids is 2. The van der Waals surface area contributed by atoms with E-state index in [0.717, 1.165) is 9.87 Å². The van der Waals surface area contributed by atoms with Crippen molar-refractivity contribution in [2.45, 2.75) is 30.8 Å². The van der Waals surface area contributed by atoms with Gasteiger partial charge < -0.3 is 10.2 Å². The van der Waals surface area contributed by atoms with Crippen molar-refractivity contribution in [1.29, 1.82) is 0 Å². The molecule has 0 aliphatic rings. The third-order valence-electron chi connectivity index (χ3n) is 6.71. The fraction of sp³-hybridized carbons (Fsp3) is 0.188. The molecule has 4 rings (SSSR count). The lowest BCUT2D eigenvalue weighted by Crippen LogP contribution is -2.53. The zero-order valence-electron chi connectivity index (χ0n) is 23.3. The van der Waals surface area contributed by atoms with Crippen molar-refractivity contribution in [3.8, 4) is 0 Å². The Hall–Kier alpha value is -3.56. The number of benzene rings is 4. The number of carbonyl (C=O) groups is 2. The van der Waals surface area contributed by atoms with Crippen molar-refractivity contribution < 1.29 is 18.0 Å². The molecule has 4 aromatic rings. The number of likely N-dealkylation sites (N-methyl/N-ethyl adjacent to an activating group) is 1. The summed E-state index contributed by atoms with van der Waals surface area (Å²) in [5, 5.41) is 3.68. The van der Waals surface area contributed by atoms with Crippen LogP contribution in [0.2, 0.25) is 15.1 Å². The Morgan fingerprint density at radius 3 is 2.07 bits per heavy atom. The summed E-state index contributed by atoms with van der Waals surface area (Å²) in [4.78, 5) is 29.3. The minimum Gasteiger partial charge on any atom is -0.355 e. The Morgan fingerprint density at radius 2 is 1.44 bits per heavy atom. The summed E-state index contributed by atoms with van der Waals surface area (Å²) in [6, 6.07) is 27.3. The predicted molar refractivity (Wildman–Crippen MR) is 172 cm³/mol. The third kappa shape index (κ3) is 8.09. The van der Waals surface area contributed by atoms with Crippen molar-refractivity contribution in [2.24, 2.45) is 0 Å². The second-order valence-corrected chi connectivity index (χ2v) is 12.7. The highest BCUT2D eigenvalue weighted by molar-refractivity contribution is 7.92. The number of nitrogens with one attached hydrogen (secondary N) is 1. The minimum atomic E-state index is -4.25. The highest BCUT2D eigenvalue weighted by Gasteiger charge is 2.35. The fourth-order valence-corrected chi connectivity index (χ4v) is 6.78. The number of halogens is 3. The van der Waals surface area contributed by atoms with Crippen molar-refractivity contribution in [3.05, 3.63) is 129 Å². The van der Waals surface area contributed by atoms with Gasteiger partial charge in [-0.05, 0) is 54.4 Å². The Bertz CT molecular complexity index is 1670. The summed E-state index contributed by atoms with van der Waals surface area (Å²) in [5.74, 6) is -1.02. The van der Waals surface area contributed by atoms with Crippen molar-refractivity contribution in [3.63, 3.8) is 0 Å². The topological polar surface area (TPSA) is 86.8 Å². The predicted octanol–water partition coefficient (Wildman–Crippen LogP) is 6.62. The van der Waals surface area contributed by atoms with Gasteiger partial charge in [0, 0.05) is 29.6 Å². The molecule has 0 aliphatic carbocycles. The zero-order valence-corrected chi connectivity index (χ0v) is 26.4. The number of hydrogen-bond donors (Lipinski definition) is 1. The van der Waals surface area contributed by atoms with Gasteiger partial charge in [0.1, 0.15) is 12.6 Å². The minimum absolute atomic E-state index is 0.0143. The van der Waals surface area contributed by atoms with Gasteiger partial charge in [-0.2, -0.15) is 0 Å².